The molecule has 1 spiro atoms. The second-order valence-corrected chi connectivity index (χ2v) is 7.41. The van der Waals surface area contributed by atoms with Crippen LogP contribution in [0.3, 0.4) is 0 Å². The molecule has 3 aliphatic rings. The van der Waals surface area contributed by atoms with Crippen LogP contribution >= 0.6 is 0 Å². The topological polar surface area (TPSA) is 62.7 Å². The number of fused-ring (bicyclic) bond motifs is 2. The van der Waals surface area contributed by atoms with Gasteiger partial charge in [0.25, 0.3) is 5.91 Å². The highest BCUT2D eigenvalue weighted by atomic mass is 19.1. The maximum atomic E-state index is 14.0. The first kappa shape index (κ1) is 15.2. The number of rotatable bonds is 2. The summed E-state index contributed by atoms with van der Waals surface area (Å²) < 4.78 is 20.1. The molecule has 5 rings (SSSR count). The molecule has 0 aliphatic carbocycles. The molecule has 0 saturated carbocycles. The van der Waals surface area contributed by atoms with Crippen molar-refractivity contribution in [2.24, 2.45) is 11.8 Å². The summed E-state index contributed by atoms with van der Waals surface area (Å²) in [4.78, 5) is 18.9. The van der Waals surface area contributed by atoms with E-state index in [1.54, 1.807) is 29.2 Å². The Labute approximate surface area is 144 Å². The minimum atomic E-state index is -0.425. The van der Waals surface area contributed by atoms with Crippen LogP contribution in [0.25, 0.3) is 10.9 Å². The minimum Gasteiger partial charge on any atom is -0.396 e. The first-order chi connectivity index (χ1) is 12.1. The highest BCUT2D eigenvalue weighted by Gasteiger charge is 2.63. The molecule has 1 aromatic heterocycles. The Balaban J connectivity index is 1.45. The summed E-state index contributed by atoms with van der Waals surface area (Å²) in [5.74, 6) is -0.338. The van der Waals surface area contributed by atoms with Crippen LogP contribution in [0.2, 0.25) is 0 Å². The largest absolute Gasteiger partial charge is 0.396 e. The monoisotopic (exact) mass is 342 g/mol. The van der Waals surface area contributed by atoms with Crippen LogP contribution in [0.15, 0.2) is 30.3 Å². The van der Waals surface area contributed by atoms with Gasteiger partial charge in [0.2, 0.25) is 0 Å². The summed E-state index contributed by atoms with van der Waals surface area (Å²) in [7, 11) is 0. The molecule has 3 saturated heterocycles. The Hall–Kier alpha value is -2.05. The van der Waals surface area contributed by atoms with Crippen molar-refractivity contribution in [1.29, 1.82) is 0 Å². The van der Waals surface area contributed by atoms with Gasteiger partial charge in [0.15, 0.2) is 0 Å². The van der Waals surface area contributed by atoms with E-state index in [1.165, 1.54) is 6.07 Å². The smallest absolute Gasteiger partial charge is 0.272 e. The van der Waals surface area contributed by atoms with Crippen LogP contribution in [-0.4, -0.2) is 52.3 Å². The average molecular weight is 342 g/mol. The number of aromatic nitrogens is 1. The number of hydrogen-bond donors (Lipinski definition) is 1. The van der Waals surface area contributed by atoms with Crippen LogP contribution in [0.4, 0.5) is 4.39 Å². The number of amides is 1. The first-order valence-electron chi connectivity index (χ1n) is 8.74. The van der Waals surface area contributed by atoms with Crippen molar-refractivity contribution in [2.75, 3.05) is 19.7 Å². The molecule has 6 heteroatoms. The van der Waals surface area contributed by atoms with Crippen molar-refractivity contribution < 1.29 is 19.0 Å². The highest BCUT2D eigenvalue weighted by Crippen LogP contribution is 2.54. The van der Waals surface area contributed by atoms with E-state index >= 15 is 0 Å². The third kappa shape index (κ3) is 2.07. The lowest BCUT2D eigenvalue weighted by Crippen LogP contribution is -2.38. The number of pyridine rings is 1. The van der Waals surface area contributed by atoms with Gasteiger partial charge in [-0.1, -0.05) is 18.2 Å². The van der Waals surface area contributed by atoms with Crippen molar-refractivity contribution >= 4 is 16.8 Å². The SMILES string of the molecule is O=C(c1ccc2cccc(F)c2n1)N1C[C@H]2[C@@H](CO)[C@@H]3CC[C@@]2(C1)O3. The van der Waals surface area contributed by atoms with Crippen LogP contribution in [-0.2, 0) is 4.74 Å². The minimum absolute atomic E-state index is 0.0958. The standard InChI is InChI=1S/C19H19FN2O3/c20-14-3-1-2-11-4-5-15(21-17(11)14)18(24)22-8-13-12(9-23)16-6-7-19(13,10-22)25-16/h1-5,12-13,16,23H,6-10H2/t12-,13+,16+,19+/m1/s1. The molecule has 4 atom stereocenters. The van der Waals surface area contributed by atoms with Gasteiger partial charge in [-0.25, -0.2) is 9.37 Å². The van der Waals surface area contributed by atoms with Gasteiger partial charge in [0.1, 0.15) is 17.0 Å². The first-order valence-corrected chi connectivity index (χ1v) is 8.74. The van der Waals surface area contributed by atoms with Crippen molar-refractivity contribution in [1.82, 2.24) is 9.88 Å². The molecule has 3 aliphatic heterocycles. The zero-order valence-electron chi connectivity index (χ0n) is 13.7. The average Bonchev–Trinajstić information content (AvgIpc) is 3.28. The van der Waals surface area contributed by atoms with Gasteiger partial charge >= 0.3 is 0 Å². The number of hydrogen-bond acceptors (Lipinski definition) is 4. The Bertz CT molecular complexity index is 873. The molecule has 5 nitrogen and oxygen atoms in total. The van der Waals surface area contributed by atoms with E-state index in [0.29, 0.717) is 18.5 Å². The number of halogens is 1. The summed E-state index contributed by atoms with van der Waals surface area (Å²) >= 11 is 0. The Morgan fingerprint density at radius 1 is 1.40 bits per heavy atom. The molecule has 1 N–H and O–H groups in total. The summed E-state index contributed by atoms with van der Waals surface area (Å²) in [5.41, 5.74) is 0.163. The van der Waals surface area contributed by atoms with Gasteiger partial charge in [-0.05, 0) is 25.0 Å². The molecule has 1 aromatic carbocycles. The van der Waals surface area contributed by atoms with Gasteiger partial charge in [-0.15, -0.1) is 0 Å². The summed E-state index contributed by atoms with van der Waals surface area (Å²) in [6.45, 7) is 1.19. The molecule has 2 aromatic rings. The van der Waals surface area contributed by atoms with E-state index in [-0.39, 0.29) is 47.3 Å². The molecule has 1 amide bonds. The second-order valence-electron chi connectivity index (χ2n) is 7.41. The Kier molecular flexibility index (Phi) is 3.18. The van der Waals surface area contributed by atoms with Gasteiger partial charge in [0.05, 0.1) is 18.2 Å². The van der Waals surface area contributed by atoms with E-state index in [9.17, 15) is 14.3 Å². The zero-order valence-corrected chi connectivity index (χ0v) is 13.7. The molecule has 0 radical (unpaired) electrons. The lowest BCUT2D eigenvalue weighted by atomic mass is 9.74. The van der Waals surface area contributed by atoms with E-state index in [0.717, 1.165) is 12.8 Å². The van der Waals surface area contributed by atoms with Crippen molar-refractivity contribution in [3.8, 4) is 0 Å². The van der Waals surface area contributed by atoms with Crippen LogP contribution in [0, 0.1) is 17.7 Å². The fourth-order valence-corrected chi connectivity index (χ4v) is 4.98. The number of ether oxygens (including phenoxy) is 1. The number of nitrogens with zero attached hydrogens (tertiary/aromatic N) is 2. The van der Waals surface area contributed by atoms with E-state index < -0.39 is 5.82 Å². The van der Waals surface area contributed by atoms with Gasteiger partial charge < -0.3 is 14.7 Å². The van der Waals surface area contributed by atoms with Crippen LogP contribution in [0.5, 0.6) is 0 Å². The quantitative estimate of drug-likeness (QED) is 0.907. The fourth-order valence-electron chi connectivity index (χ4n) is 4.98. The molecule has 25 heavy (non-hydrogen) atoms. The van der Waals surface area contributed by atoms with Crippen LogP contribution < -0.4 is 0 Å². The summed E-state index contributed by atoms with van der Waals surface area (Å²) in [6.07, 6.45) is 2.01. The number of likely N-dealkylation sites (tertiary alicyclic amines) is 1. The lowest BCUT2D eigenvalue weighted by Gasteiger charge is -2.27. The van der Waals surface area contributed by atoms with E-state index in [1.807, 2.05) is 0 Å². The lowest BCUT2D eigenvalue weighted by molar-refractivity contribution is 0.00149. The maximum Gasteiger partial charge on any atom is 0.272 e. The number of benzene rings is 1. The summed E-state index contributed by atoms with van der Waals surface area (Å²) in [6, 6.07) is 8.13. The third-order valence-electron chi connectivity index (χ3n) is 6.17. The van der Waals surface area contributed by atoms with Gasteiger partial charge in [-0.3, -0.25) is 4.79 Å². The van der Waals surface area contributed by atoms with E-state index in [2.05, 4.69) is 4.98 Å². The molecular weight excluding hydrogens is 323 g/mol. The van der Waals surface area contributed by atoms with Crippen molar-refractivity contribution in [2.45, 2.75) is 24.5 Å². The Morgan fingerprint density at radius 3 is 3.12 bits per heavy atom. The zero-order chi connectivity index (χ0) is 17.2. The van der Waals surface area contributed by atoms with Crippen molar-refractivity contribution in [3.05, 3.63) is 41.8 Å². The molecule has 130 valence electrons. The van der Waals surface area contributed by atoms with E-state index in [4.69, 9.17) is 4.74 Å². The summed E-state index contributed by atoms with van der Waals surface area (Å²) in [5, 5.41) is 10.4. The maximum absolute atomic E-state index is 14.0. The molecular formula is C19H19FN2O3. The third-order valence-corrected chi connectivity index (χ3v) is 6.17. The molecule has 3 fully saturated rings. The number of aliphatic hydroxyl groups excluding tert-OH is 1. The molecule has 4 heterocycles. The molecule has 0 unspecified atom stereocenters. The van der Waals surface area contributed by atoms with Crippen LogP contribution in [0.1, 0.15) is 23.3 Å². The number of carbonyl (C=O) groups excluding carboxylic acids is 1. The number of aliphatic hydroxyl groups is 1. The van der Waals surface area contributed by atoms with Gasteiger partial charge in [0, 0.05) is 30.4 Å². The number of carbonyl (C=O) groups is 1. The predicted molar refractivity (Wildman–Crippen MR) is 88.5 cm³/mol. The highest BCUT2D eigenvalue weighted by molar-refractivity contribution is 5.95. The van der Waals surface area contributed by atoms with Crippen molar-refractivity contribution in [3.63, 3.8) is 0 Å². The second kappa shape index (κ2) is 5.22. The molecule has 2 bridgehead atoms. The predicted octanol–water partition coefficient (Wildman–Crippen LogP) is 1.99. The normalized spacial score (nSPS) is 33.2. The number of para-hydroxylation sites is 1. The van der Waals surface area contributed by atoms with Gasteiger partial charge in [-0.2, -0.15) is 0 Å². The Morgan fingerprint density at radius 2 is 2.28 bits per heavy atom. The fraction of sp³-hybridized carbons (Fsp3) is 0.474.